The quantitative estimate of drug-likeness (QED) is 0.860. The Balaban J connectivity index is 1.81. The first-order valence-corrected chi connectivity index (χ1v) is 8.38. The van der Waals surface area contributed by atoms with Crippen molar-refractivity contribution in [3.63, 3.8) is 0 Å². The summed E-state index contributed by atoms with van der Waals surface area (Å²) < 4.78 is 5.36. The molecule has 4 bridgehead atoms. The first-order chi connectivity index (χ1) is 11.1. The van der Waals surface area contributed by atoms with Gasteiger partial charge in [-0.25, -0.2) is 0 Å². The fourth-order valence-electron chi connectivity index (χ4n) is 6.29. The summed E-state index contributed by atoms with van der Waals surface area (Å²) in [6.45, 7) is 1.02. The second kappa shape index (κ2) is 4.18. The summed E-state index contributed by atoms with van der Waals surface area (Å²) in [5.74, 6) is 2.31. The zero-order valence-electron chi connectivity index (χ0n) is 13.5. The molecule has 4 nitrogen and oxygen atoms in total. The molecule has 1 heterocycles. The van der Waals surface area contributed by atoms with E-state index in [-0.39, 0.29) is 16.9 Å². The van der Waals surface area contributed by atoms with Crippen molar-refractivity contribution in [1.82, 2.24) is 4.90 Å². The number of hydrogen-bond donors (Lipinski definition) is 1. The van der Waals surface area contributed by atoms with E-state index in [1.165, 1.54) is 5.56 Å². The van der Waals surface area contributed by atoms with Crippen molar-refractivity contribution in [1.29, 1.82) is 0 Å². The number of ketones is 1. The number of aromatic hydroxyl groups is 1. The van der Waals surface area contributed by atoms with Crippen LogP contribution in [0, 0.1) is 17.8 Å². The Morgan fingerprint density at radius 2 is 2.22 bits per heavy atom. The molecule has 0 aromatic heterocycles. The maximum Gasteiger partial charge on any atom is 0.161 e. The van der Waals surface area contributed by atoms with Gasteiger partial charge in [-0.05, 0) is 43.0 Å². The van der Waals surface area contributed by atoms with Gasteiger partial charge in [0.15, 0.2) is 17.3 Å². The lowest BCUT2D eigenvalue weighted by Crippen LogP contribution is -2.52. The number of benzene rings is 1. The highest BCUT2D eigenvalue weighted by molar-refractivity contribution is 5.93. The van der Waals surface area contributed by atoms with Crippen molar-refractivity contribution in [3.8, 4) is 11.5 Å². The maximum atomic E-state index is 12.3. The van der Waals surface area contributed by atoms with Crippen LogP contribution in [0.5, 0.6) is 11.5 Å². The van der Waals surface area contributed by atoms with E-state index in [0.717, 1.165) is 18.5 Å². The van der Waals surface area contributed by atoms with E-state index < -0.39 is 0 Å². The highest BCUT2D eigenvalue weighted by atomic mass is 16.5. The minimum atomic E-state index is -0.236. The molecule has 0 radical (unpaired) electrons. The smallest absolute Gasteiger partial charge is 0.161 e. The largest absolute Gasteiger partial charge is 0.504 e. The molecule has 1 saturated heterocycles. The number of phenols is 1. The van der Waals surface area contributed by atoms with Gasteiger partial charge < -0.3 is 14.7 Å². The second-order valence-corrected chi connectivity index (χ2v) is 7.62. The second-order valence-electron chi connectivity index (χ2n) is 7.62. The zero-order chi connectivity index (χ0) is 15.9. The average molecular weight is 311 g/mol. The minimum Gasteiger partial charge on any atom is -0.504 e. The molecule has 5 rings (SSSR count). The van der Waals surface area contributed by atoms with Gasteiger partial charge in [-0.2, -0.15) is 0 Å². The lowest BCUT2D eigenvalue weighted by atomic mass is 9.57. The molecule has 1 aromatic carbocycles. The van der Waals surface area contributed by atoms with E-state index >= 15 is 0 Å². The molecule has 1 aliphatic heterocycles. The Kier molecular flexibility index (Phi) is 2.47. The maximum absolute atomic E-state index is 12.3. The SMILES string of the molecule is COc1ccc2c(c1O)C13CC(=O)C=C[C@H]1[C@H]1C(C2)C3CN1C. The zero-order valence-corrected chi connectivity index (χ0v) is 13.5. The normalized spacial score (nSPS) is 40.2. The van der Waals surface area contributed by atoms with Gasteiger partial charge in [-0.3, -0.25) is 4.79 Å². The Hall–Kier alpha value is -1.81. The van der Waals surface area contributed by atoms with Crippen LogP contribution in [-0.4, -0.2) is 42.5 Å². The van der Waals surface area contributed by atoms with Gasteiger partial charge in [-0.15, -0.1) is 0 Å². The molecule has 1 N–H and O–H groups in total. The third kappa shape index (κ3) is 1.40. The van der Waals surface area contributed by atoms with Crippen LogP contribution < -0.4 is 4.74 Å². The summed E-state index contributed by atoms with van der Waals surface area (Å²) in [6, 6.07) is 4.42. The van der Waals surface area contributed by atoms with Crippen molar-refractivity contribution in [3.05, 3.63) is 35.4 Å². The predicted molar refractivity (Wildman–Crippen MR) is 85.7 cm³/mol. The molecule has 1 saturated carbocycles. The molecule has 0 amide bonds. The van der Waals surface area contributed by atoms with Crippen molar-refractivity contribution >= 4 is 5.78 Å². The number of ether oxygens (including phenoxy) is 1. The molecular weight excluding hydrogens is 290 g/mol. The fraction of sp³-hybridized carbons (Fsp3) is 0.526. The summed E-state index contributed by atoms with van der Waals surface area (Å²) in [5, 5.41) is 10.9. The first kappa shape index (κ1) is 13.6. The first-order valence-electron chi connectivity index (χ1n) is 8.38. The van der Waals surface area contributed by atoms with Gasteiger partial charge in [0.2, 0.25) is 0 Å². The van der Waals surface area contributed by atoms with Crippen molar-refractivity contribution in [2.45, 2.75) is 24.3 Å². The lowest BCUT2D eigenvalue weighted by Gasteiger charge is -2.49. The van der Waals surface area contributed by atoms with E-state index in [2.05, 4.69) is 24.1 Å². The third-order valence-electron chi connectivity index (χ3n) is 6.90. The summed E-state index contributed by atoms with van der Waals surface area (Å²) >= 11 is 0. The summed E-state index contributed by atoms with van der Waals surface area (Å²) in [5.41, 5.74) is 1.96. The minimum absolute atomic E-state index is 0.185. The Morgan fingerprint density at radius 1 is 1.39 bits per heavy atom. The number of allylic oxidation sites excluding steroid dienone is 1. The molecule has 3 unspecified atom stereocenters. The standard InChI is InChI=1S/C19H21NO3/c1-20-9-14-12-7-10-3-6-15(23-2)18(22)16(10)19(14)8-11(21)4-5-13(19)17(12)20/h3-6,12-14,17,22H,7-9H2,1-2H3/t12?,13-,14?,17+,19?/m0/s1. The molecule has 23 heavy (non-hydrogen) atoms. The number of likely N-dealkylation sites (tertiary alicyclic amines) is 1. The molecule has 3 aliphatic carbocycles. The fourth-order valence-corrected chi connectivity index (χ4v) is 6.29. The van der Waals surface area contributed by atoms with Crippen LogP contribution in [-0.2, 0) is 16.6 Å². The third-order valence-corrected chi connectivity index (χ3v) is 6.90. The van der Waals surface area contributed by atoms with Crippen LogP contribution in [0.25, 0.3) is 0 Å². The molecule has 4 aliphatic rings. The number of phenolic OH excluding ortho intramolecular Hbond substituents is 1. The van der Waals surface area contributed by atoms with Crippen LogP contribution in [0.2, 0.25) is 0 Å². The van der Waals surface area contributed by atoms with Crippen molar-refractivity contribution in [2.24, 2.45) is 17.8 Å². The lowest BCUT2D eigenvalue weighted by molar-refractivity contribution is -0.117. The highest BCUT2D eigenvalue weighted by Gasteiger charge is 2.69. The summed E-state index contributed by atoms with van der Waals surface area (Å²) in [4.78, 5) is 14.8. The van der Waals surface area contributed by atoms with Gasteiger partial charge >= 0.3 is 0 Å². The van der Waals surface area contributed by atoms with Crippen LogP contribution in [0.4, 0.5) is 0 Å². The topological polar surface area (TPSA) is 49.8 Å². The van der Waals surface area contributed by atoms with Gasteiger partial charge in [0, 0.05) is 35.9 Å². The predicted octanol–water partition coefficient (Wildman–Crippen LogP) is 1.90. The summed E-state index contributed by atoms with van der Waals surface area (Å²) in [6.07, 6.45) is 5.39. The average Bonchev–Trinajstić information content (AvgIpc) is 2.92. The summed E-state index contributed by atoms with van der Waals surface area (Å²) in [7, 11) is 3.78. The van der Waals surface area contributed by atoms with Crippen LogP contribution in [0.1, 0.15) is 17.5 Å². The van der Waals surface area contributed by atoms with Crippen LogP contribution >= 0.6 is 0 Å². The van der Waals surface area contributed by atoms with E-state index in [9.17, 15) is 9.90 Å². The van der Waals surface area contributed by atoms with E-state index in [1.54, 1.807) is 13.2 Å². The number of rotatable bonds is 1. The van der Waals surface area contributed by atoms with Gasteiger partial charge in [0.25, 0.3) is 0 Å². The van der Waals surface area contributed by atoms with E-state index in [4.69, 9.17) is 4.74 Å². The molecule has 120 valence electrons. The highest BCUT2D eigenvalue weighted by Crippen LogP contribution is 2.67. The number of carbonyl (C=O) groups excluding carboxylic acids is 1. The van der Waals surface area contributed by atoms with Gasteiger partial charge in [0.1, 0.15) is 0 Å². The van der Waals surface area contributed by atoms with Gasteiger partial charge in [0.05, 0.1) is 7.11 Å². The van der Waals surface area contributed by atoms with Crippen LogP contribution in [0.3, 0.4) is 0 Å². The van der Waals surface area contributed by atoms with Crippen molar-refractivity contribution < 1.29 is 14.6 Å². The number of methoxy groups -OCH3 is 1. The molecule has 5 atom stereocenters. The van der Waals surface area contributed by atoms with Crippen molar-refractivity contribution in [2.75, 3.05) is 20.7 Å². The molecule has 1 spiro atoms. The molecule has 2 fully saturated rings. The number of piperidine rings is 1. The number of nitrogens with zero attached hydrogens (tertiary/aromatic N) is 1. The number of fused-ring (bicyclic) bond motifs is 2. The Labute approximate surface area is 135 Å². The molecule has 1 aromatic rings. The van der Waals surface area contributed by atoms with Crippen LogP contribution in [0.15, 0.2) is 24.3 Å². The molecular formula is C19H21NO3. The Morgan fingerprint density at radius 3 is 3.00 bits per heavy atom. The number of carbonyl (C=O) groups is 1. The Bertz CT molecular complexity index is 755. The monoisotopic (exact) mass is 311 g/mol. The van der Waals surface area contributed by atoms with Gasteiger partial charge in [-0.1, -0.05) is 12.1 Å². The number of hydrogen-bond acceptors (Lipinski definition) is 4. The van der Waals surface area contributed by atoms with E-state index in [1.807, 2.05) is 6.07 Å². The van der Waals surface area contributed by atoms with E-state index in [0.29, 0.717) is 36.0 Å². The molecule has 4 heteroatoms.